The molecule has 104 valence electrons. The summed E-state index contributed by atoms with van der Waals surface area (Å²) in [6, 6.07) is 21.0. The molecular weight excluding hydrogens is 268 g/mol. The van der Waals surface area contributed by atoms with Gasteiger partial charge in [-0.3, -0.25) is 0 Å². The summed E-state index contributed by atoms with van der Waals surface area (Å²) in [7, 11) is 0. The van der Waals surface area contributed by atoms with E-state index in [2.05, 4.69) is 24.8 Å². The fraction of sp³-hybridized carbons (Fsp3) is 0.200. The number of benzene rings is 2. The minimum Gasteiger partial charge on any atom is -0.197 e. The summed E-state index contributed by atoms with van der Waals surface area (Å²) >= 11 is 0. The van der Waals surface area contributed by atoms with E-state index in [1.807, 2.05) is 48.5 Å². The van der Waals surface area contributed by atoms with Crippen LogP contribution in [0.1, 0.15) is 17.5 Å². The Hall–Kier alpha value is -2.84. The number of hydrogen-bond donors (Lipinski definition) is 0. The Morgan fingerprint density at radius 2 is 1.55 bits per heavy atom. The van der Waals surface area contributed by atoms with Crippen LogP contribution < -0.4 is 0 Å². The molecule has 0 aromatic heterocycles. The van der Waals surface area contributed by atoms with Crippen molar-refractivity contribution < 1.29 is 0 Å². The zero-order valence-electron chi connectivity index (χ0n) is 12.1. The quantitative estimate of drug-likeness (QED) is 0.739. The lowest BCUT2D eigenvalue weighted by Crippen LogP contribution is -2.64. The van der Waals surface area contributed by atoms with Gasteiger partial charge in [0.05, 0.1) is 12.1 Å². The van der Waals surface area contributed by atoms with Gasteiger partial charge in [0.15, 0.2) is 0 Å². The molecule has 2 aromatic carbocycles. The highest BCUT2D eigenvalue weighted by molar-refractivity contribution is 5.82. The van der Waals surface area contributed by atoms with Gasteiger partial charge in [-0.2, -0.15) is 10.5 Å². The van der Waals surface area contributed by atoms with Crippen molar-refractivity contribution in [3.05, 3.63) is 72.3 Å². The minimum absolute atomic E-state index is 0.00616. The van der Waals surface area contributed by atoms with Gasteiger partial charge in [0.25, 0.3) is 0 Å². The molecule has 1 saturated carbocycles. The molecule has 0 N–H and O–H groups in total. The normalized spacial score (nSPS) is 30.5. The summed E-state index contributed by atoms with van der Waals surface area (Å²) < 4.78 is 0. The van der Waals surface area contributed by atoms with Gasteiger partial charge in [0.1, 0.15) is 10.8 Å². The summed E-state index contributed by atoms with van der Waals surface area (Å²) in [6.45, 7) is 3.90. The molecule has 2 nitrogen and oxygen atoms in total. The molecule has 0 radical (unpaired) electrons. The molecule has 0 amide bonds. The van der Waals surface area contributed by atoms with Crippen LogP contribution in [0.3, 0.4) is 0 Å². The number of nitrogens with zero attached hydrogens (tertiary/aromatic N) is 2. The number of hydrogen-bond acceptors (Lipinski definition) is 2. The molecule has 3 atom stereocenters. The van der Waals surface area contributed by atoms with Crippen molar-refractivity contribution in [1.29, 1.82) is 10.5 Å². The van der Waals surface area contributed by atoms with Gasteiger partial charge < -0.3 is 0 Å². The fourth-order valence-corrected chi connectivity index (χ4v) is 4.43. The van der Waals surface area contributed by atoms with E-state index in [-0.39, 0.29) is 5.92 Å². The molecule has 0 bridgehead atoms. The number of nitriles is 2. The van der Waals surface area contributed by atoms with Crippen molar-refractivity contribution in [2.24, 2.45) is 5.92 Å². The first-order valence-corrected chi connectivity index (χ1v) is 7.39. The van der Waals surface area contributed by atoms with Crippen LogP contribution in [-0.4, -0.2) is 0 Å². The van der Waals surface area contributed by atoms with Crippen molar-refractivity contribution in [2.45, 2.75) is 17.3 Å². The van der Waals surface area contributed by atoms with Crippen molar-refractivity contribution in [2.75, 3.05) is 0 Å². The van der Waals surface area contributed by atoms with Crippen LogP contribution in [0, 0.1) is 28.6 Å². The standard InChI is InChI=1S/C20H14N2/c1-2-14-11-19(12-21)17-9-5-3-7-15(17)16-8-4-6-10-18(16)20(14,19)13-22/h2-10,14H,1,11H2/t14-,19+,20+/m1/s1. The first-order valence-electron chi connectivity index (χ1n) is 7.39. The number of rotatable bonds is 1. The third kappa shape index (κ3) is 1.12. The molecule has 0 aliphatic heterocycles. The van der Waals surface area contributed by atoms with Crippen LogP contribution in [-0.2, 0) is 10.8 Å². The minimum atomic E-state index is -0.825. The van der Waals surface area contributed by atoms with E-state index >= 15 is 0 Å². The monoisotopic (exact) mass is 282 g/mol. The highest BCUT2D eigenvalue weighted by Crippen LogP contribution is 2.67. The van der Waals surface area contributed by atoms with Crippen molar-refractivity contribution >= 4 is 0 Å². The number of fused-ring (bicyclic) bond motifs is 6. The van der Waals surface area contributed by atoms with E-state index in [0.717, 1.165) is 22.3 Å². The Labute approximate surface area is 129 Å². The maximum atomic E-state index is 10.1. The van der Waals surface area contributed by atoms with Gasteiger partial charge in [0.2, 0.25) is 0 Å². The second-order valence-electron chi connectivity index (χ2n) is 6.07. The fourth-order valence-electron chi connectivity index (χ4n) is 4.43. The smallest absolute Gasteiger partial charge is 0.112 e. The second kappa shape index (κ2) is 4.09. The van der Waals surface area contributed by atoms with E-state index in [1.165, 1.54) is 0 Å². The Balaban J connectivity index is 2.18. The molecule has 0 saturated heterocycles. The Kier molecular flexibility index (Phi) is 2.39. The summed E-state index contributed by atoms with van der Waals surface area (Å²) in [6.07, 6.45) is 2.50. The average Bonchev–Trinajstić information content (AvgIpc) is 2.56. The van der Waals surface area contributed by atoms with Crippen molar-refractivity contribution in [3.8, 4) is 23.3 Å². The second-order valence-corrected chi connectivity index (χ2v) is 6.07. The zero-order chi connectivity index (χ0) is 15.4. The van der Waals surface area contributed by atoms with Gasteiger partial charge >= 0.3 is 0 Å². The van der Waals surface area contributed by atoms with Gasteiger partial charge in [-0.25, -0.2) is 0 Å². The van der Waals surface area contributed by atoms with E-state index < -0.39 is 10.8 Å². The molecule has 22 heavy (non-hydrogen) atoms. The lowest BCUT2D eigenvalue weighted by molar-refractivity contribution is 0.114. The van der Waals surface area contributed by atoms with Gasteiger partial charge in [-0.15, -0.1) is 6.58 Å². The molecule has 1 fully saturated rings. The van der Waals surface area contributed by atoms with Crippen LogP contribution in [0.5, 0.6) is 0 Å². The van der Waals surface area contributed by atoms with Gasteiger partial charge in [-0.05, 0) is 28.7 Å². The molecule has 2 aliphatic rings. The first kappa shape index (κ1) is 12.9. The maximum Gasteiger partial charge on any atom is 0.112 e. The largest absolute Gasteiger partial charge is 0.197 e. The van der Waals surface area contributed by atoms with Crippen LogP contribution >= 0.6 is 0 Å². The Bertz CT molecular complexity index is 883. The molecule has 0 spiro atoms. The van der Waals surface area contributed by atoms with E-state index in [1.54, 1.807) is 0 Å². The zero-order valence-corrected chi connectivity index (χ0v) is 12.1. The van der Waals surface area contributed by atoms with Crippen LogP contribution in [0.4, 0.5) is 0 Å². The SMILES string of the molecule is C=C[C@@H]1C[C@]2(C#N)c3ccccc3-c3ccccc3[C@]12C#N. The van der Waals surface area contributed by atoms with Crippen LogP contribution in [0.25, 0.3) is 11.1 Å². The van der Waals surface area contributed by atoms with Crippen molar-refractivity contribution in [3.63, 3.8) is 0 Å². The predicted octanol–water partition coefficient (Wildman–Crippen LogP) is 4.10. The summed E-state index contributed by atoms with van der Waals surface area (Å²) in [5.41, 5.74) is 2.50. The highest BCUT2D eigenvalue weighted by Gasteiger charge is 2.70. The first-order chi connectivity index (χ1) is 10.7. The molecule has 2 aromatic rings. The molecule has 4 rings (SSSR count). The Morgan fingerprint density at radius 3 is 2.14 bits per heavy atom. The average molecular weight is 282 g/mol. The summed E-state index contributed by atoms with van der Waals surface area (Å²) in [4.78, 5) is 0. The molecule has 0 unspecified atom stereocenters. The number of allylic oxidation sites excluding steroid dienone is 1. The van der Waals surface area contributed by atoms with Gasteiger partial charge in [-0.1, -0.05) is 54.6 Å². The predicted molar refractivity (Wildman–Crippen MR) is 84.8 cm³/mol. The lowest BCUT2D eigenvalue weighted by atomic mass is 9.38. The summed E-state index contributed by atoms with van der Waals surface area (Å²) in [5, 5.41) is 20.1. The molecule has 2 aliphatic carbocycles. The maximum absolute atomic E-state index is 10.1. The Morgan fingerprint density at radius 1 is 0.955 bits per heavy atom. The molecule has 0 heterocycles. The van der Waals surface area contributed by atoms with E-state index in [4.69, 9.17) is 0 Å². The van der Waals surface area contributed by atoms with Crippen LogP contribution in [0.15, 0.2) is 61.2 Å². The summed E-state index contributed by atoms with van der Waals surface area (Å²) in [5.74, 6) is 0.00616. The lowest BCUT2D eigenvalue weighted by Gasteiger charge is -2.59. The molecular formula is C20H14N2. The highest BCUT2D eigenvalue weighted by atomic mass is 14.7. The van der Waals surface area contributed by atoms with Gasteiger partial charge in [0, 0.05) is 5.92 Å². The topological polar surface area (TPSA) is 47.6 Å². The van der Waals surface area contributed by atoms with Crippen LogP contribution in [0.2, 0.25) is 0 Å². The third-order valence-corrected chi connectivity index (χ3v) is 5.44. The molecule has 2 heteroatoms. The van der Waals surface area contributed by atoms with Crippen molar-refractivity contribution in [1.82, 2.24) is 0 Å². The van der Waals surface area contributed by atoms with E-state index in [0.29, 0.717) is 6.42 Å². The third-order valence-electron chi connectivity index (χ3n) is 5.44. The van der Waals surface area contributed by atoms with E-state index in [9.17, 15) is 10.5 Å².